The molecule has 1 rings (SSSR count). The molecule has 96 valence electrons. The number of nitrogens with zero attached hydrogens (tertiary/aromatic N) is 1. The minimum absolute atomic E-state index is 0.330. The maximum Gasteiger partial charge on any atom is 0.0621 e. The van der Waals surface area contributed by atoms with Gasteiger partial charge in [0, 0.05) is 23.9 Å². The van der Waals surface area contributed by atoms with E-state index in [4.69, 9.17) is 22.1 Å². The smallest absolute Gasteiger partial charge is 0.0621 e. The first kappa shape index (κ1) is 14.3. The van der Waals surface area contributed by atoms with Crippen molar-refractivity contribution in [3.63, 3.8) is 0 Å². The van der Waals surface area contributed by atoms with Crippen molar-refractivity contribution in [2.45, 2.75) is 19.4 Å². The molecule has 0 saturated carbocycles. The molecule has 0 heterocycles. The predicted octanol–water partition coefficient (Wildman–Crippen LogP) is 2.35. The van der Waals surface area contributed by atoms with Crippen LogP contribution in [0.25, 0.3) is 0 Å². The summed E-state index contributed by atoms with van der Waals surface area (Å²) in [5.41, 5.74) is 8.82. The van der Waals surface area contributed by atoms with Crippen molar-refractivity contribution in [3.05, 3.63) is 28.3 Å². The second kappa shape index (κ2) is 6.24. The summed E-state index contributed by atoms with van der Waals surface area (Å²) in [6, 6.07) is 4.12. The van der Waals surface area contributed by atoms with Gasteiger partial charge in [0.05, 0.1) is 6.61 Å². The maximum atomic E-state index is 6.13. The normalized spacial score (nSPS) is 13.1. The zero-order chi connectivity index (χ0) is 13.0. The highest BCUT2D eigenvalue weighted by Crippen LogP contribution is 2.24. The van der Waals surface area contributed by atoms with Crippen molar-refractivity contribution in [2.24, 2.45) is 0 Å². The summed E-state index contributed by atoms with van der Waals surface area (Å²) >= 11 is 6.13. The van der Waals surface area contributed by atoms with Gasteiger partial charge in [-0.25, -0.2) is 0 Å². The highest BCUT2D eigenvalue weighted by atomic mass is 35.5. The molecule has 2 N–H and O–H groups in total. The highest BCUT2D eigenvalue weighted by molar-refractivity contribution is 6.31. The van der Waals surface area contributed by atoms with Crippen LogP contribution in [0, 0.1) is 6.92 Å². The van der Waals surface area contributed by atoms with Gasteiger partial charge in [0.2, 0.25) is 0 Å². The number of ether oxygens (including phenoxy) is 1. The Hall–Kier alpha value is -0.770. The van der Waals surface area contributed by atoms with E-state index in [1.54, 1.807) is 13.2 Å². The summed E-state index contributed by atoms with van der Waals surface area (Å²) in [5, 5.41) is 0.731. The minimum Gasteiger partial charge on any atom is -0.399 e. The lowest BCUT2D eigenvalue weighted by Crippen LogP contribution is -2.34. The number of rotatable bonds is 5. The SMILES string of the molecule is COCC(Cc1cc(N)cc(Cl)c1C)N(C)C. The van der Waals surface area contributed by atoms with Crippen molar-refractivity contribution >= 4 is 17.3 Å². The zero-order valence-corrected chi connectivity index (χ0v) is 11.7. The third-order valence-electron chi connectivity index (χ3n) is 3.02. The molecule has 17 heavy (non-hydrogen) atoms. The Bertz CT molecular complexity index is 380. The minimum atomic E-state index is 0.330. The molecular formula is C13H21ClN2O. The summed E-state index contributed by atoms with van der Waals surface area (Å²) in [6.07, 6.45) is 0.886. The summed E-state index contributed by atoms with van der Waals surface area (Å²) < 4.78 is 5.23. The topological polar surface area (TPSA) is 38.5 Å². The molecule has 0 aliphatic heterocycles. The van der Waals surface area contributed by atoms with E-state index in [9.17, 15) is 0 Å². The van der Waals surface area contributed by atoms with Crippen LogP contribution in [0.2, 0.25) is 5.02 Å². The van der Waals surface area contributed by atoms with Crippen LogP contribution in [0.1, 0.15) is 11.1 Å². The molecular weight excluding hydrogens is 236 g/mol. The van der Waals surface area contributed by atoms with Crippen LogP contribution in [0.4, 0.5) is 5.69 Å². The van der Waals surface area contributed by atoms with Crippen molar-refractivity contribution < 1.29 is 4.74 Å². The summed E-state index contributed by atoms with van der Waals surface area (Å²) in [5.74, 6) is 0. The van der Waals surface area contributed by atoms with Crippen LogP contribution in [0.5, 0.6) is 0 Å². The molecule has 0 aromatic heterocycles. The van der Waals surface area contributed by atoms with Crippen LogP contribution in [0.3, 0.4) is 0 Å². The fourth-order valence-corrected chi connectivity index (χ4v) is 2.06. The molecule has 3 nitrogen and oxygen atoms in total. The van der Waals surface area contributed by atoms with Crippen molar-refractivity contribution in [3.8, 4) is 0 Å². The fraction of sp³-hybridized carbons (Fsp3) is 0.538. The van der Waals surface area contributed by atoms with Gasteiger partial charge in [-0.2, -0.15) is 0 Å². The zero-order valence-electron chi connectivity index (χ0n) is 11.0. The first-order valence-corrected chi connectivity index (χ1v) is 6.03. The molecule has 1 unspecified atom stereocenters. The van der Waals surface area contributed by atoms with E-state index < -0.39 is 0 Å². The third-order valence-corrected chi connectivity index (χ3v) is 3.41. The number of nitrogens with two attached hydrogens (primary N) is 1. The molecule has 0 amide bonds. The van der Waals surface area contributed by atoms with Crippen LogP contribution in [-0.2, 0) is 11.2 Å². The number of methoxy groups -OCH3 is 1. The summed E-state index contributed by atoms with van der Waals surface area (Å²) in [7, 11) is 5.82. The van der Waals surface area contributed by atoms with Gasteiger partial charge < -0.3 is 15.4 Å². The van der Waals surface area contributed by atoms with Gasteiger partial charge in [0.1, 0.15) is 0 Å². The van der Waals surface area contributed by atoms with Crippen molar-refractivity contribution in [2.75, 3.05) is 33.5 Å². The fourth-order valence-electron chi connectivity index (χ4n) is 1.81. The average molecular weight is 257 g/mol. The number of halogens is 1. The Morgan fingerprint density at radius 2 is 2.06 bits per heavy atom. The van der Waals surface area contributed by atoms with Crippen LogP contribution in [-0.4, -0.2) is 38.8 Å². The van der Waals surface area contributed by atoms with E-state index in [2.05, 4.69) is 4.90 Å². The number of likely N-dealkylation sites (N-methyl/N-ethyl adjacent to an activating group) is 1. The summed E-state index contributed by atoms with van der Waals surface area (Å²) in [6.45, 7) is 2.72. The van der Waals surface area contributed by atoms with E-state index in [1.807, 2.05) is 27.1 Å². The van der Waals surface area contributed by atoms with Gasteiger partial charge >= 0.3 is 0 Å². The molecule has 0 spiro atoms. The first-order valence-electron chi connectivity index (χ1n) is 5.65. The molecule has 0 fully saturated rings. The summed E-state index contributed by atoms with van der Waals surface area (Å²) in [4.78, 5) is 2.15. The van der Waals surface area contributed by atoms with Gasteiger partial charge in [-0.3, -0.25) is 0 Å². The quantitative estimate of drug-likeness (QED) is 0.822. The second-order valence-corrected chi connectivity index (χ2v) is 4.97. The molecule has 0 bridgehead atoms. The van der Waals surface area contributed by atoms with Gasteiger partial charge in [0.15, 0.2) is 0 Å². The monoisotopic (exact) mass is 256 g/mol. The molecule has 0 aliphatic carbocycles. The first-order chi connectivity index (χ1) is 7.95. The molecule has 4 heteroatoms. The lowest BCUT2D eigenvalue weighted by atomic mass is 10.00. The lowest BCUT2D eigenvalue weighted by molar-refractivity contribution is 0.120. The molecule has 0 saturated heterocycles. The number of hydrogen-bond acceptors (Lipinski definition) is 3. The largest absolute Gasteiger partial charge is 0.399 e. The van der Waals surface area contributed by atoms with Crippen molar-refractivity contribution in [1.82, 2.24) is 4.90 Å². The Labute approximate surface area is 109 Å². The molecule has 1 aromatic carbocycles. The Balaban J connectivity index is 2.92. The second-order valence-electron chi connectivity index (χ2n) is 4.56. The standard InChI is InChI=1S/C13H21ClN2O/c1-9-10(5-11(15)7-13(9)14)6-12(8-17-4)16(2)3/h5,7,12H,6,8,15H2,1-4H3. The van der Waals surface area contributed by atoms with Crippen molar-refractivity contribution in [1.29, 1.82) is 0 Å². The van der Waals surface area contributed by atoms with E-state index >= 15 is 0 Å². The van der Waals surface area contributed by atoms with Gasteiger partial charge in [-0.15, -0.1) is 0 Å². The lowest BCUT2D eigenvalue weighted by Gasteiger charge is -2.24. The highest BCUT2D eigenvalue weighted by Gasteiger charge is 2.14. The van der Waals surface area contributed by atoms with Gasteiger partial charge in [-0.1, -0.05) is 11.6 Å². The van der Waals surface area contributed by atoms with E-state index in [1.165, 1.54) is 5.56 Å². The van der Waals surface area contributed by atoms with Crippen LogP contribution < -0.4 is 5.73 Å². The molecule has 1 aromatic rings. The number of benzene rings is 1. The average Bonchev–Trinajstić information content (AvgIpc) is 2.24. The number of nitrogen functional groups attached to an aromatic ring is 1. The molecule has 1 atom stereocenters. The molecule has 0 aliphatic rings. The van der Waals surface area contributed by atoms with E-state index in [0.29, 0.717) is 18.3 Å². The van der Waals surface area contributed by atoms with Gasteiger partial charge in [0.25, 0.3) is 0 Å². The Morgan fingerprint density at radius 1 is 1.41 bits per heavy atom. The Kier molecular flexibility index (Phi) is 5.25. The maximum absolute atomic E-state index is 6.13. The Morgan fingerprint density at radius 3 is 2.59 bits per heavy atom. The molecule has 0 radical (unpaired) electrons. The van der Waals surface area contributed by atoms with E-state index in [-0.39, 0.29) is 0 Å². The van der Waals surface area contributed by atoms with Gasteiger partial charge in [-0.05, 0) is 50.7 Å². The van der Waals surface area contributed by atoms with Crippen LogP contribution in [0.15, 0.2) is 12.1 Å². The van der Waals surface area contributed by atoms with Crippen LogP contribution >= 0.6 is 11.6 Å². The number of hydrogen-bond donors (Lipinski definition) is 1. The number of anilines is 1. The third kappa shape index (κ3) is 3.87. The van der Waals surface area contributed by atoms with E-state index in [0.717, 1.165) is 17.0 Å². The predicted molar refractivity (Wildman–Crippen MR) is 73.7 cm³/mol.